The minimum Gasteiger partial charge on any atom is -0.379 e. The molecule has 1 atom stereocenters. The van der Waals surface area contributed by atoms with Gasteiger partial charge in [-0.15, -0.1) is 0 Å². The van der Waals surface area contributed by atoms with Crippen LogP contribution in [0.2, 0.25) is 0 Å². The largest absolute Gasteiger partial charge is 0.379 e. The van der Waals surface area contributed by atoms with E-state index in [-0.39, 0.29) is 5.69 Å². The van der Waals surface area contributed by atoms with Crippen molar-refractivity contribution in [2.45, 2.75) is 6.92 Å². The van der Waals surface area contributed by atoms with Crippen LogP contribution in [-0.2, 0) is 10.8 Å². The molecule has 0 aromatic heterocycles. The van der Waals surface area contributed by atoms with Crippen LogP contribution >= 0.6 is 0 Å². The molecule has 0 aliphatic carbocycles. The van der Waals surface area contributed by atoms with Crippen LogP contribution in [0.1, 0.15) is 5.56 Å². The summed E-state index contributed by atoms with van der Waals surface area (Å²) in [6, 6.07) is 5.00. The molecule has 6 heteroatoms. The van der Waals surface area contributed by atoms with Crippen LogP contribution in [0.3, 0.4) is 0 Å². The van der Waals surface area contributed by atoms with Crippen molar-refractivity contribution in [3.63, 3.8) is 0 Å². The van der Waals surface area contributed by atoms with Gasteiger partial charge in [0.2, 0.25) is 0 Å². The first kappa shape index (κ1) is 12.6. The van der Waals surface area contributed by atoms with Crippen LogP contribution in [0.5, 0.6) is 0 Å². The molecule has 16 heavy (non-hydrogen) atoms. The minimum absolute atomic E-state index is 0.0573. The molecule has 0 fully saturated rings. The lowest BCUT2D eigenvalue weighted by atomic mass is 10.2. The monoisotopic (exact) mass is 242 g/mol. The highest BCUT2D eigenvalue weighted by Crippen LogP contribution is 2.24. The van der Waals surface area contributed by atoms with E-state index in [4.69, 9.17) is 0 Å². The summed E-state index contributed by atoms with van der Waals surface area (Å²) in [5.41, 5.74) is 1.37. The predicted molar refractivity (Wildman–Crippen MR) is 65.3 cm³/mol. The molecule has 0 radical (unpaired) electrons. The summed E-state index contributed by atoms with van der Waals surface area (Å²) in [7, 11) is -0.893. The lowest BCUT2D eigenvalue weighted by Gasteiger charge is -2.06. The van der Waals surface area contributed by atoms with Crippen molar-refractivity contribution in [3.8, 4) is 0 Å². The van der Waals surface area contributed by atoms with Gasteiger partial charge in [0.25, 0.3) is 5.69 Å². The highest BCUT2D eigenvalue weighted by atomic mass is 32.2. The van der Waals surface area contributed by atoms with Crippen molar-refractivity contribution in [2.24, 2.45) is 0 Å². The van der Waals surface area contributed by atoms with Gasteiger partial charge in [0.05, 0.1) is 4.92 Å². The number of nitro groups is 1. The van der Waals surface area contributed by atoms with Gasteiger partial charge in [0, 0.05) is 35.4 Å². The predicted octanol–water partition coefficient (Wildman–Crippen LogP) is 1.69. The molecule has 0 heterocycles. The average molecular weight is 242 g/mol. The van der Waals surface area contributed by atoms with Gasteiger partial charge >= 0.3 is 0 Å². The molecular formula is C10H14N2O3S. The summed E-state index contributed by atoms with van der Waals surface area (Å²) < 4.78 is 10.8. The number of rotatable bonds is 5. The molecule has 1 N–H and O–H groups in total. The second kappa shape index (κ2) is 5.60. The molecule has 0 saturated carbocycles. The molecule has 0 spiro atoms. The zero-order chi connectivity index (χ0) is 12.1. The lowest BCUT2D eigenvalue weighted by Crippen LogP contribution is -2.11. The first-order chi connectivity index (χ1) is 7.50. The highest BCUT2D eigenvalue weighted by Gasteiger charge is 2.12. The van der Waals surface area contributed by atoms with Gasteiger partial charge < -0.3 is 5.32 Å². The van der Waals surface area contributed by atoms with Crippen molar-refractivity contribution in [3.05, 3.63) is 33.9 Å². The number of aryl methyl sites for hydroxylation is 1. The van der Waals surface area contributed by atoms with Crippen molar-refractivity contribution >= 4 is 22.2 Å². The van der Waals surface area contributed by atoms with Crippen molar-refractivity contribution in [2.75, 3.05) is 23.9 Å². The third-order valence-electron chi connectivity index (χ3n) is 2.05. The first-order valence-corrected chi connectivity index (χ1v) is 6.52. The lowest BCUT2D eigenvalue weighted by molar-refractivity contribution is -0.384. The Morgan fingerprint density at radius 1 is 1.50 bits per heavy atom. The van der Waals surface area contributed by atoms with E-state index in [2.05, 4.69) is 5.32 Å². The van der Waals surface area contributed by atoms with Crippen molar-refractivity contribution in [1.82, 2.24) is 0 Å². The smallest absolute Gasteiger partial charge is 0.292 e. The van der Waals surface area contributed by atoms with Gasteiger partial charge in [0.15, 0.2) is 0 Å². The third-order valence-corrected chi connectivity index (χ3v) is 2.83. The quantitative estimate of drug-likeness (QED) is 0.630. The van der Waals surface area contributed by atoms with Crippen LogP contribution in [0.15, 0.2) is 18.2 Å². The molecule has 1 aromatic rings. The van der Waals surface area contributed by atoms with E-state index in [1.54, 1.807) is 25.3 Å². The maximum absolute atomic E-state index is 10.8. The molecule has 5 nitrogen and oxygen atoms in total. The number of nitro benzene ring substituents is 1. The Morgan fingerprint density at radius 3 is 2.75 bits per heavy atom. The van der Waals surface area contributed by atoms with Gasteiger partial charge in [-0.05, 0) is 18.6 Å². The molecule has 88 valence electrons. The van der Waals surface area contributed by atoms with E-state index in [1.807, 2.05) is 0 Å². The second-order valence-corrected chi connectivity index (χ2v) is 5.04. The van der Waals surface area contributed by atoms with E-state index < -0.39 is 15.7 Å². The standard InChI is InChI=1S/C10H14N2O3S/c1-8-3-4-9(10(7-8)12(13)14)11-5-6-16(2)15/h3-4,7,11H,5-6H2,1-2H3. The SMILES string of the molecule is Cc1ccc(NCCS(C)=O)c([N+](=O)[O-])c1. The molecule has 1 unspecified atom stereocenters. The molecule has 0 amide bonds. The Balaban J connectivity index is 2.78. The second-order valence-electron chi connectivity index (χ2n) is 3.48. The summed E-state index contributed by atoms with van der Waals surface area (Å²) in [5, 5.41) is 13.7. The summed E-state index contributed by atoms with van der Waals surface area (Å²) in [6.45, 7) is 2.27. The summed E-state index contributed by atoms with van der Waals surface area (Å²) >= 11 is 0. The van der Waals surface area contributed by atoms with Crippen LogP contribution in [-0.4, -0.2) is 27.7 Å². The van der Waals surface area contributed by atoms with E-state index in [0.29, 0.717) is 18.0 Å². The van der Waals surface area contributed by atoms with E-state index >= 15 is 0 Å². The Labute approximate surface area is 96.5 Å². The zero-order valence-electron chi connectivity index (χ0n) is 9.23. The Morgan fingerprint density at radius 2 is 2.19 bits per heavy atom. The fraction of sp³-hybridized carbons (Fsp3) is 0.400. The van der Waals surface area contributed by atoms with Gasteiger partial charge in [-0.3, -0.25) is 14.3 Å². The van der Waals surface area contributed by atoms with Crippen LogP contribution in [0.4, 0.5) is 11.4 Å². The van der Waals surface area contributed by atoms with E-state index in [0.717, 1.165) is 5.56 Å². The van der Waals surface area contributed by atoms with Crippen molar-refractivity contribution in [1.29, 1.82) is 0 Å². The molecule has 0 saturated heterocycles. The first-order valence-electron chi connectivity index (χ1n) is 4.79. The number of benzene rings is 1. The van der Waals surface area contributed by atoms with Crippen molar-refractivity contribution < 1.29 is 9.13 Å². The minimum atomic E-state index is -0.893. The molecule has 1 aromatic carbocycles. The summed E-state index contributed by atoms with van der Waals surface area (Å²) in [6.07, 6.45) is 1.60. The van der Waals surface area contributed by atoms with Gasteiger partial charge in [-0.1, -0.05) is 6.07 Å². The highest BCUT2D eigenvalue weighted by molar-refractivity contribution is 7.84. The van der Waals surface area contributed by atoms with Gasteiger partial charge in [0.1, 0.15) is 5.69 Å². The van der Waals surface area contributed by atoms with E-state index in [9.17, 15) is 14.3 Å². The number of hydrogen-bond acceptors (Lipinski definition) is 4. The molecular weight excluding hydrogens is 228 g/mol. The normalized spacial score (nSPS) is 12.1. The maximum atomic E-state index is 10.8. The zero-order valence-corrected chi connectivity index (χ0v) is 10.0. The summed E-state index contributed by atoms with van der Waals surface area (Å²) in [4.78, 5) is 10.4. The Kier molecular flexibility index (Phi) is 4.42. The summed E-state index contributed by atoms with van der Waals surface area (Å²) in [5.74, 6) is 0.477. The number of anilines is 1. The maximum Gasteiger partial charge on any atom is 0.292 e. The number of hydrogen-bond donors (Lipinski definition) is 1. The van der Waals surface area contributed by atoms with Crippen LogP contribution in [0, 0.1) is 17.0 Å². The number of nitrogens with one attached hydrogen (secondary N) is 1. The van der Waals surface area contributed by atoms with Crippen LogP contribution < -0.4 is 5.32 Å². The van der Waals surface area contributed by atoms with E-state index in [1.165, 1.54) is 6.07 Å². The average Bonchev–Trinajstić information content (AvgIpc) is 2.19. The molecule has 0 aliphatic heterocycles. The molecule has 0 aliphatic rings. The number of nitrogens with zero attached hydrogens (tertiary/aromatic N) is 1. The fourth-order valence-electron chi connectivity index (χ4n) is 1.27. The fourth-order valence-corrected chi connectivity index (χ4v) is 1.66. The van der Waals surface area contributed by atoms with Gasteiger partial charge in [-0.2, -0.15) is 0 Å². The van der Waals surface area contributed by atoms with Crippen LogP contribution in [0.25, 0.3) is 0 Å². The van der Waals surface area contributed by atoms with Gasteiger partial charge in [-0.25, -0.2) is 0 Å². The Hall–Kier alpha value is -1.43. The molecule has 1 rings (SSSR count). The Bertz CT molecular complexity index is 421. The molecule has 0 bridgehead atoms. The topological polar surface area (TPSA) is 72.2 Å². The third kappa shape index (κ3) is 3.62.